The fourth-order valence-electron chi connectivity index (χ4n) is 2.38. The molecule has 3 aromatic rings. The van der Waals surface area contributed by atoms with Crippen molar-refractivity contribution in [3.63, 3.8) is 0 Å². The predicted molar refractivity (Wildman–Crippen MR) is 90.4 cm³/mol. The smallest absolute Gasteiger partial charge is 0.353 e. The molecule has 1 N–H and O–H groups in total. The molecule has 1 heterocycles. The summed E-state index contributed by atoms with van der Waals surface area (Å²) in [7, 11) is -4.01. The van der Waals surface area contributed by atoms with Crippen molar-refractivity contribution in [2.75, 3.05) is 0 Å². The number of aromatic carboxylic acids is 1. The average molecular weight is 394 g/mol. The zero-order valence-corrected chi connectivity index (χ0v) is 14.4. The van der Waals surface area contributed by atoms with Crippen LogP contribution in [0.2, 0.25) is 0 Å². The lowest BCUT2D eigenvalue weighted by atomic mass is 10.2. The second kappa shape index (κ2) is 5.50. The molecular weight excluding hydrogens is 382 g/mol. The van der Waals surface area contributed by atoms with E-state index in [0.717, 1.165) is 14.0 Å². The zero-order chi connectivity index (χ0) is 16.8. The number of carboxylic acids is 1. The van der Waals surface area contributed by atoms with Crippen LogP contribution in [-0.2, 0) is 10.0 Å². The first-order valence-corrected chi connectivity index (χ1v) is 8.90. The zero-order valence-electron chi connectivity index (χ0n) is 12.0. The van der Waals surface area contributed by atoms with Crippen molar-refractivity contribution in [2.24, 2.45) is 0 Å². The number of carbonyl (C=O) groups is 1. The lowest BCUT2D eigenvalue weighted by molar-refractivity contribution is 0.0689. The van der Waals surface area contributed by atoms with Crippen molar-refractivity contribution >= 4 is 42.8 Å². The third-order valence-corrected chi connectivity index (χ3v) is 5.73. The molecular formula is C16H12BrNO4S. The average Bonchev–Trinajstić information content (AvgIpc) is 2.87. The number of nitrogens with zero attached hydrogens (tertiary/aromatic N) is 1. The highest BCUT2D eigenvalue weighted by molar-refractivity contribution is 9.10. The summed E-state index contributed by atoms with van der Waals surface area (Å²) in [5, 5.41) is 9.93. The van der Waals surface area contributed by atoms with Crippen LogP contribution in [0.3, 0.4) is 0 Å². The number of halogens is 1. The van der Waals surface area contributed by atoms with E-state index >= 15 is 0 Å². The largest absolute Gasteiger partial charge is 0.477 e. The molecule has 0 aliphatic carbocycles. The molecule has 23 heavy (non-hydrogen) atoms. The highest BCUT2D eigenvalue weighted by Crippen LogP contribution is 2.28. The van der Waals surface area contributed by atoms with E-state index in [1.807, 2.05) is 6.92 Å². The highest BCUT2D eigenvalue weighted by atomic mass is 79.9. The molecule has 5 nitrogen and oxygen atoms in total. The standard InChI is InChI=1S/C16H12BrNO4S/c1-10-2-5-13(6-3-10)23(21,22)18-14-7-4-12(17)8-11(14)9-15(18)16(19)20/h2-9H,1H3,(H,19,20). The molecule has 0 radical (unpaired) electrons. The summed E-state index contributed by atoms with van der Waals surface area (Å²) in [6.45, 7) is 1.85. The van der Waals surface area contributed by atoms with Crippen LogP contribution in [0.25, 0.3) is 10.9 Å². The number of hydrogen-bond donors (Lipinski definition) is 1. The van der Waals surface area contributed by atoms with Gasteiger partial charge in [0, 0.05) is 9.86 Å². The van der Waals surface area contributed by atoms with Crippen molar-refractivity contribution in [1.29, 1.82) is 0 Å². The molecule has 1 aromatic heterocycles. The van der Waals surface area contributed by atoms with Crippen LogP contribution in [0.1, 0.15) is 16.1 Å². The molecule has 118 valence electrons. The number of benzene rings is 2. The number of aryl methyl sites for hydroxylation is 1. The second-order valence-electron chi connectivity index (χ2n) is 5.12. The fraction of sp³-hybridized carbons (Fsp3) is 0.0625. The van der Waals surface area contributed by atoms with Gasteiger partial charge in [-0.15, -0.1) is 0 Å². The van der Waals surface area contributed by atoms with E-state index < -0.39 is 16.0 Å². The predicted octanol–water partition coefficient (Wildman–Crippen LogP) is 3.65. The van der Waals surface area contributed by atoms with Crippen molar-refractivity contribution in [1.82, 2.24) is 3.97 Å². The number of aromatic nitrogens is 1. The first kappa shape index (κ1) is 15.8. The van der Waals surface area contributed by atoms with Crippen LogP contribution in [0.5, 0.6) is 0 Å². The topological polar surface area (TPSA) is 76.4 Å². The van der Waals surface area contributed by atoms with Crippen LogP contribution < -0.4 is 0 Å². The van der Waals surface area contributed by atoms with Gasteiger partial charge in [-0.1, -0.05) is 33.6 Å². The Hall–Kier alpha value is -2.12. The van der Waals surface area contributed by atoms with Gasteiger partial charge in [0.15, 0.2) is 0 Å². The van der Waals surface area contributed by atoms with Crippen LogP contribution >= 0.6 is 15.9 Å². The van der Waals surface area contributed by atoms with E-state index in [1.165, 1.54) is 18.2 Å². The Balaban J connectivity index is 2.35. The van der Waals surface area contributed by atoms with Gasteiger partial charge in [-0.25, -0.2) is 17.2 Å². The summed E-state index contributed by atoms with van der Waals surface area (Å²) in [5.41, 5.74) is 0.952. The van der Waals surface area contributed by atoms with Crippen LogP contribution in [0.15, 0.2) is 57.9 Å². The molecule has 0 unspecified atom stereocenters. The third-order valence-electron chi connectivity index (χ3n) is 3.50. The Bertz CT molecular complexity index is 1020. The Kier molecular flexibility index (Phi) is 3.77. The number of fused-ring (bicyclic) bond motifs is 1. The summed E-state index contributed by atoms with van der Waals surface area (Å²) in [5.74, 6) is -1.30. The Morgan fingerprint density at radius 3 is 2.35 bits per heavy atom. The third kappa shape index (κ3) is 2.66. The van der Waals surface area contributed by atoms with Crippen molar-refractivity contribution in [2.45, 2.75) is 11.8 Å². The van der Waals surface area contributed by atoms with E-state index in [2.05, 4.69) is 15.9 Å². The summed E-state index contributed by atoms with van der Waals surface area (Å²) >= 11 is 3.30. The van der Waals surface area contributed by atoms with Crippen molar-refractivity contribution in [3.8, 4) is 0 Å². The molecule has 0 aliphatic heterocycles. The quantitative estimate of drug-likeness (QED) is 0.736. The van der Waals surface area contributed by atoms with Gasteiger partial charge in [-0.3, -0.25) is 0 Å². The molecule has 3 rings (SSSR count). The van der Waals surface area contributed by atoms with Gasteiger partial charge in [0.2, 0.25) is 0 Å². The molecule has 0 atom stereocenters. The van der Waals surface area contributed by atoms with Gasteiger partial charge >= 0.3 is 5.97 Å². The number of carboxylic acid groups (broad SMARTS) is 1. The summed E-state index contributed by atoms with van der Waals surface area (Å²) in [6, 6.07) is 12.6. The maximum absolute atomic E-state index is 12.9. The Morgan fingerprint density at radius 2 is 1.74 bits per heavy atom. The van der Waals surface area contributed by atoms with Gasteiger partial charge in [-0.05, 0) is 43.3 Å². The summed E-state index contributed by atoms with van der Waals surface area (Å²) < 4.78 is 27.5. The van der Waals surface area contributed by atoms with Gasteiger partial charge < -0.3 is 5.11 Å². The van der Waals surface area contributed by atoms with E-state index in [0.29, 0.717) is 10.9 Å². The minimum absolute atomic E-state index is 0.0472. The monoisotopic (exact) mass is 393 g/mol. The van der Waals surface area contributed by atoms with Crippen molar-refractivity contribution < 1.29 is 18.3 Å². The number of hydrogen-bond acceptors (Lipinski definition) is 3. The minimum atomic E-state index is -4.01. The van der Waals surface area contributed by atoms with Gasteiger partial charge in [0.25, 0.3) is 10.0 Å². The van der Waals surface area contributed by atoms with Gasteiger partial charge in [0.05, 0.1) is 10.4 Å². The van der Waals surface area contributed by atoms with Crippen molar-refractivity contribution in [3.05, 3.63) is 64.3 Å². The van der Waals surface area contributed by atoms with E-state index in [1.54, 1.807) is 30.3 Å². The lowest BCUT2D eigenvalue weighted by Crippen LogP contribution is -2.18. The first-order valence-electron chi connectivity index (χ1n) is 6.67. The van der Waals surface area contributed by atoms with Gasteiger partial charge in [-0.2, -0.15) is 0 Å². The second-order valence-corrected chi connectivity index (χ2v) is 7.82. The number of rotatable bonds is 3. The molecule has 0 fully saturated rings. The fourth-order valence-corrected chi connectivity index (χ4v) is 4.27. The minimum Gasteiger partial charge on any atom is -0.477 e. The highest BCUT2D eigenvalue weighted by Gasteiger charge is 2.26. The molecule has 0 spiro atoms. The normalized spacial score (nSPS) is 11.7. The van der Waals surface area contributed by atoms with E-state index in [4.69, 9.17) is 0 Å². The Morgan fingerprint density at radius 1 is 1.09 bits per heavy atom. The summed E-state index contributed by atoms with van der Waals surface area (Å²) in [4.78, 5) is 11.6. The van der Waals surface area contributed by atoms with Crippen LogP contribution in [-0.4, -0.2) is 23.5 Å². The molecule has 7 heteroatoms. The maximum atomic E-state index is 12.9. The SMILES string of the molecule is Cc1ccc(S(=O)(=O)n2c(C(=O)O)cc3cc(Br)ccc32)cc1. The molecule has 0 bridgehead atoms. The molecule has 2 aromatic carbocycles. The molecule has 0 aliphatic rings. The van der Waals surface area contributed by atoms with E-state index in [9.17, 15) is 18.3 Å². The Labute approximate surface area is 141 Å². The summed E-state index contributed by atoms with van der Waals surface area (Å²) in [6.07, 6.45) is 0. The molecule has 0 saturated carbocycles. The molecule has 0 amide bonds. The molecule has 0 saturated heterocycles. The van der Waals surface area contributed by atoms with Crippen LogP contribution in [0, 0.1) is 6.92 Å². The maximum Gasteiger partial charge on any atom is 0.353 e. The lowest BCUT2D eigenvalue weighted by Gasteiger charge is -2.10. The van der Waals surface area contributed by atoms with Crippen LogP contribution in [0.4, 0.5) is 0 Å². The first-order chi connectivity index (χ1) is 10.8. The van der Waals surface area contributed by atoms with E-state index in [-0.39, 0.29) is 10.6 Å². The van der Waals surface area contributed by atoms with Gasteiger partial charge in [0.1, 0.15) is 5.69 Å².